The largest absolute Gasteiger partial charge is 0.497 e. The average Bonchev–Trinajstić information content (AvgIpc) is 2.67. The zero-order chi connectivity index (χ0) is 17.6. The molecule has 0 heterocycles. The Hall–Kier alpha value is -3.01. The smallest absolute Gasteiger partial charge is 0.307 e. The Morgan fingerprint density at radius 3 is 2.36 bits per heavy atom. The van der Waals surface area contributed by atoms with Gasteiger partial charge in [-0.3, -0.25) is 4.79 Å². The van der Waals surface area contributed by atoms with Crippen LogP contribution in [0.1, 0.15) is 18.0 Å². The van der Waals surface area contributed by atoms with Gasteiger partial charge in [0.1, 0.15) is 5.75 Å². The van der Waals surface area contributed by atoms with E-state index in [0.29, 0.717) is 0 Å². The highest BCUT2D eigenvalue weighted by Gasteiger charge is 2.17. The Morgan fingerprint density at radius 2 is 1.68 bits per heavy atom. The summed E-state index contributed by atoms with van der Waals surface area (Å²) in [5, 5.41) is 5.74. The minimum Gasteiger partial charge on any atom is -0.497 e. The summed E-state index contributed by atoms with van der Waals surface area (Å²) in [5.41, 5.74) is 1.96. The van der Waals surface area contributed by atoms with Gasteiger partial charge in [-0.1, -0.05) is 36.4 Å². The SMILES string of the molecule is COC(=O)C[C@@H](Nc1ccc(OC)cc1)c1ccc2ccccc2c1. The summed E-state index contributed by atoms with van der Waals surface area (Å²) >= 11 is 0. The van der Waals surface area contributed by atoms with Crippen LogP contribution >= 0.6 is 0 Å². The van der Waals surface area contributed by atoms with Crippen molar-refractivity contribution < 1.29 is 14.3 Å². The molecule has 0 saturated carbocycles. The van der Waals surface area contributed by atoms with Gasteiger partial charge in [0, 0.05) is 5.69 Å². The van der Waals surface area contributed by atoms with E-state index >= 15 is 0 Å². The first-order chi connectivity index (χ1) is 12.2. The highest BCUT2D eigenvalue weighted by Crippen LogP contribution is 2.27. The Bertz CT molecular complexity index is 858. The molecule has 25 heavy (non-hydrogen) atoms. The third kappa shape index (κ3) is 4.10. The van der Waals surface area contributed by atoms with Gasteiger partial charge in [-0.25, -0.2) is 0 Å². The molecule has 0 aliphatic carbocycles. The van der Waals surface area contributed by atoms with E-state index < -0.39 is 0 Å². The lowest BCUT2D eigenvalue weighted by Crippen LogP contribution is -2.16. The molecular formula is C21H21NO3. The van der Waals surface area contributed by atoms with Crippen LogP contribution in [0, 0.1) is 0 Å². The summed E-state index contributed by atoms with van der Waals surface area (Å²) < 4.78 is 10.1. The van der Waals surface area contributed by atoms with Crippen molar-refractivity contribution in [3.8, 4) is 5.75 Å². The van der Waals surface area contributed by atoms with Gasteiger partial charge in [0.25, 0.3) is 0 Å². The molecule has 3 rings (SSSR count). The van der Waals surface area contributed by atoms with Gasteiger partial charge in [-0.2, -0.15) is 0 Å². The number of benzene rings is 3. The van der Waals surface area contributed by atoms with Crippen molar-refractivity contribution in [2.75, 3.05) is 19.5 Å². The number of methoxy groups -OCH3 is 2. The van der Waals surface area contributed by atoms with Crippen molar-refractivity contribution in [1.82, 2.24) is 0 Å². The van der Waals surface area contributed by atoms with Crippen LogP contribution in [-0.4, -0.2) is 20.2 Å². The standard InChI is InChI=1S/C21H21NO3/c1-24-19-11-9-18(10-12-19)22-20(14-21(23)25-2)17-8-7-15-5-3-4-6-16(15)13-17/h3-13,20,22H,14H2,1-2H3/t20-/m1/s1. The highest BCUT2D eigenvalue weighted by atomic mass is 16.5. The fourth-order valence-corrected chi connectivity index (χ4v) is 2.82. The monoisotopic (exact) mass is 335 g/mol. The van der Waals surface area contributed by atoms with Crippen molar-refractivity contribution in [3.63, 3.8) is 0 Å². The summed E-state index contributed by atoms with van der Waals surface area (Å²) in [6, 6.07) is 21.9. The Kier molecular flexibility index (Phi) is 5.19. The van der Waals surface area contributed by atoms with Crippen molar-refractivity contribution in [2.24, 2.45) is 0 Å². The van der Waals surface area contributed by atoms with Crippen LogP contribution in [0.25, 0.3) is 10.8 Å². The van der Waals surface area contributed by atoms with Gasteiger partial charge in [0.2, 0.25) is 0 Å². The number of anilines is 1. The fraction of sp³-hybridized carbons (Fsp3) is 0.190. The molecule has 1 atom stereocenters. The Balaban J connectivity index is 1.90. The lowest BCUT2D eigenvalue weighted by molar-refractivity contribution is -0.140. The second kappa shape index (κ2) is 7.71. The maximum Gasteiger partial charge on any atom is 0.307 e. The summed E-state index contributed by atoms with van der Waals surface area (Å²) in [6.07, 6.45) is 0.251. The lowest BCUT2D eigenvalue weighted by Gasteiger charge is -2.20. The fourth-order valence-electron chi connectivity index (χ4n) is 2.82. The van der Waals surface area contributed by atoms with Crippen molar-refractivity contribution in [1.29, 1.82) is 0 Å². The van der Waals surface area contributed by atoms with Gasteiger partial charge in [0.15, 0.2) is 0 Å². The summed E-state index contributed by atoms with van der Waals surface area (Å²) in [5.74, 6) is 0.542. The maximum absolute atomic E-state index is 11.9. The van der Waals surface area contributed by atoms with E-state index in [4.69, 9.17) is 9.47 Å². The molecule has 4 heteroatoms. The summed E-state index contributed by atoms with van der Waals surface area (Å²) in [7, 11) is 3.05. The van der Waals surface area contributed by atoms with Crippen LogP contribution in [0.15, 0.2) is 66.7 Å². The van der Waals surface area contributed by atoms with E-state index in [2.05, 4.69) is 29.6 Å². The highest BCUT2D eigenvalue weighted by molar-refractivity contribution is 5.83. The van der Waals surface area contributed by atoms with Gasteiger partial charge in [0.05, 0.1) is 26.7 Å². The molecule has 4 nitrogen and oxygen atoms in total. The third-order valence-electron chi connectivity index (χ3n) is 4.21. The zero-order valence-electron chi connectivity index (χ0n) is 14.4. The molecule has 0 saturated heterocycles. The van der Waals surface area contributed by atoms with Crippen molar-refractivity contribution >= 4 is 22.4 Å². The van der Waals surface area contributed by atoms with Crippen LogP contribution in [-0.2, 0) is 9.53 Å². The molecule has 0 amide bonds. The minimum absolute atomic E-state index is 0.176. The summed E-state index contributed by atoms with van der Waals surface area (Å²) in [4.78, 5) is 11.9. The Morgan fingerprint density at radius 1 is 0.960 bits per heavy atom. The topological polar surface area (TPSA) is 47.6 Å². The van der Waals surface area contributed by atoms with Gasteiger partial charge in [-0.15, -0.1) is 0 Å². The molecule has 128 valence electrons. The first-order valence-corrected chi connectivity index (χ1v) is 8.15. The molecular weight excluding hydrogens is 314 g/mol. The molecule has 0 bridgehead atoms. The molecule has 3 aromatic carbocycles. The van der Waals surface area contributed by atoms with Gasteiger partial charge >= 0.3 is 5.97 Å². The number of esters is 1. The van der Waals surface area contributed by atoms with E-state index in [-0.39, 0.29) is 18.4 Å². The maximum atomic E-state index is 11.9. The third-order valence-corrected chi connectivity index (χ3v) is 4.21. The van der Waals surface area contributed by atoms with E-state index in [1.165, 1.54) is 12.5 Å². The Labute approximate surface area is 147 Å². The number of hydrogen-bond donors (Lipinski definition) is 1. The van der Waals surface area contributed by atoms with E-state index in [1.807, 2.05) is 42.5 Å². The molecule has 0 fully saturated rings. The molecule has 1 N–H and O–H groups in total. The predicted octanol–water partition coefficient (Wildman–Crippen LogP) is 4.56. The molecule has 0 radical (unpaired) electrons. The number of carbonyl (C=O) groups is 1. The van der Waals surface area contributed by atoms with Crippen LogP contribution in [0.5, 0.6) is 5.75 Å². The lowest BCUT2D eigenvalue weighted by atomic mass is 9.99. The number of rotatable bonds is 6. The summed E-state index contributed by atoms with van der Waals surface area (Å²) in [6.45, 7) is 0. The first kappa shape index (κ1) is 16.8. The number of nitrogens with one attached hydrogen (secondary N) is 1. The first-order valence-electron chi connectivity index (χ1n) is 8.15. The van der Waals surface area contributed by atoms with E-state index in [9.17, 15) is 4.79 Å². The van der Waals surface area contributed by atoms with Crippen molar-refractivity contribution in [2.45, 2.75) is 12.5 Å². The average molecular weight is 335 g/mol. The second-order valence-electron chi connectivity index (χ2n) is 5.81. The molecule has 0 unspecified atom stereocenters. The van der Waals surface area contributed by atoms with Crippen LogP contribution < -0.4 is 10.1 Å². The number of fused-ring (bicyclic) bond motifs is 1. The number of hydrogen-bond acceptors (Lipinski definition) is 4. The zero-order valence-corrected chi connectivity index (χ0v) is 14.4. The quantitative estimate of drug-likeness (QED) is 0.671. The van der Waals surface area contributed by atoms with Gasteiger partial charge in [-0.05, 0) is 46.7 Å². The predicted molar refractivity (Wildman–Crippen MR) is 99.9 cm³/mol. The molecule has 3 aromatic rings. The van der Waals surface area contributed by atoms with Gasteiger partial charge < -0.3 is 14.8 Å². The molecule has 0 aliphatic heterocycles. The van der Waals surface area contributed by atoms with Crippen LogP contribution in [0.2, 0.25) is 0 Å². The second-order valence-corrected chi connectivity index (χ2v) is 5.81. The molecule has 0 aliphatic rings. The molecule has 0 aromatic heterocycles. The van der Waals surface area contributed by atoms with E-state index in [1.54, 1.807) is 7.11 Å². The number of ether oxygens (including phenoxy) is 2. The number of carbonyl (C=O) groups excluding carboxylic acids is 1. The van der Waals surface area contributed by atoms with Crippen LogP contribution in [0.4, 0.5) is 5.69 Å². The normalized spacial score (nSPS) is 11.8. The van der Waals surface area contributed by atoms with Crippen LogP contribution in [0.3, 0.4) is 0 Å². The van der Waals surface area contributed by atoms with Crippen molar-refractivity contribution in [3.05, 3.63) is 72.3 Å². The van der Waals surface area contributed by atoms with E-state index in [0.717, 1.165) is 22.4 Å². The minimum atomic E-state index is -0.251. The molecule has 0 spiro atoms.